The van der Waals surface area contributed by atoms with Crippen LogP contribution in [0, 0.1) is 13.8 Å². The number of pyridine rings is 2. The van der Waals surface area contributed by atoms with Crippen LogP contribution in [0.2, 0.25) is 0 Å². The van der Waals surface area contributed by atoms with Gasteiger partial charge in [-0.3, -0.25) is 19.2 Å². The number of nitrogens with zero attached hydrogens (tertiary/aromatic N) is 4. The fourth-order valence-corrected chi connectivity index (χ4v) is 6.18. The molecule has 0 bridgehead atoms. The van der Waals surface area contributed by atoms with Crippen LogP contribution in [0.4, 0.5) is 11.4 Å². The van der Waals surface area contributed by atoms with Gasteiger partial charge in [0.05, 0.1) is 0 Å². The number of carbonyl (C=O) groups is 4. The Kier molecular flexibility index (Phi) is 9.70. The van der Waals surface area contributed by atoms with Crippen LogP contribution < -0.4 is 10.6 Å². The Labute approximate surface area is 279 Å². The van der Waals surface area contributed by atoms with Crippen LogP contribution in [0.1, 0.15) is 69.2 Å². The zero-order valence-electron chi connectivity index (χ0n) is 27.1. The highest BCUT2D eigenvalue weighted by atomic mass is 16.2. The van der Waals surface area contributed by atoms with Gasteiger partial charge in [-0.15, -0.1) is 0 Å². The van der Waals surface area contributed by atoms with E-state index in [9.17, 15) is 19.2 Å². The third kappa shape index (κ3) is 7.49. The molecule has 2 atom stereocenters. The van der Waals surface area contributed by atoms with Crippen LogP contribution in [-0.2, 0) is 9.59 Å². The third-order valence-corrected chi connectivity index (χ3v) is 8.67. The lowest BCUT2D eigenvalue weighted by Gasteiger charge is -2.23. The average Bonchev–Trinajstić information content (AvgIpc) is 3.79. The summed E-state index contributed by atoms with van der Waals surface area (Å²) in [7, 11) is 0. The fourth-order valence-electron chi connectivity index (χ4n) is 6.18. The lowest BCUT2D eigenvalue weighted by molar-refractivity contribution is -0.120. The predicted octanol–water partition coefficient (Wildman–Crippen LogP) is 5.75. The van der Waals surface area contributed by atoms with Gasteiger partial charge in [0.2, 0.25) is 11.8 Å². The van der Waals surface area contributed by atoms with Gasteiger partial charge in [-0.1, -0.05) is 48.6 Å². The van der Waals surface area contributed by atoms with E-state index in [-0.39, 0.29) is 23.6 Å². The second-order valence-electron chi connectivity index (χ2n) is 12.2. The minimum Gasteiger partial charge on any atom is -0.325 e. The molecule has 0 unspecified atom stereocenters. The molecular formula is C38H38N6O4. The molecule has 4 aromatic rings. The molecule has 10 nitrogen and oxygen atoms in total. The van der Waals surface area contributed by atoms with Gasteiger partial charge in [-0.2, -0.15) is 0 Å². The molecule has 4 heterocycles. The van der Waals surface area contributed by atoms with Gasteiger partial charge in [0.15, 0.2) is 0 Å². The van der Waals surface area contributed by atoms with Gasteiger partial charge in [0.25, 0.3) is 11.8 Å². The molecule has 2 aromatic carbocycles. The Bertz CT molecular complexity index is 1720. The maximum Gasteiger partial charge on any atom is 0.273 e. The summed E-state index contributed by atoms with van der Waals surface area (Å²) >= 11 is 0. The number of nitrogens with one attached hydrogen (secondary N) is 2. The minimum atomic E-state index is -0.539. The first kappa shape index (κ1) is 32.3. The van der Waals surface area contributed by atoms with Crippen molar-refractivity contribution in [1.29, 1.82) is 0 Å². The molecule has 4 amide bonds. The maximum atomic E-state index is 13.1. The van der Waals surface area contributed by atoms with E-state index in [0.717, 1.165) is 35.4 Å². The highest BCUT2D eigenvalue weighted by Gasteiger charge is 2.36. The summed E-state index contributed by atoms with van der Waals surface area (Å²) in [6, 6.07) is 24.6. The van der Waals surface area contributed by atoms with E-state index in [1.54, 1.807) is 34.1 Å². The van der Waals surface area contributed by atoms with E-state index in [0.29, 0.717) is 48.7 Å². The molecule has 0 spiro atoms. The molecule has 6 rings (SSSR count). The molecule has 2 N–H and O–H groups in total. The number of aryl methyl sites for hydroxylation is 2. The van der Waals surface area contributed by atoms with Crippen molar-refractivity contribution in [3.05, 3.63) is 119 Å². The monoisotopic (exact) mass is 642 g/mol. The predicted molar refractivity (Wildman–Crippen MR) is 185 cm³/mol. The third-order valence-electron chi connectivity index (χ3n) is 8.67. The van der Waals surface area contributed by atoms with Crippen molar-refractivity contribution in [3.8, 4) is 0 Å². The highest BCUT2D eigenvalue weighted by molar-refractivity contribution is 6.02. The fraction of sp³-hybridized carbons (Fsp3) is 0.263. The Hall–Kier alpha value is -5.64. The summed E-state index contributed by atoms with van der Waals surface area (Å²) < 4.78 is 0. The number of benzene rings is 2. The lowest BCUT2D eigenvalue weighted by Crippen LogP contribution is -2.43. The summed E-state index contributed by atoms with van der Waals surface area (Å²) in [5, 5.41) is 5.91. The number of carbonyl (C=O) groups excluding carboxylic acids is 4. The van der Waals surface area contributed by atoms with Crippen molar-refractivity contribution >= 4 is 47.2 Å². The molecule has 0 saturated carbocycles. The number of likely N-dealkylation sites (tertiary alicyclic amines) is 2. The number of hydrogen-bond donors (Lipinski definition) is 2. The molecule has 2 aromatic heterocycles. The zero-order chi connectivity index (χ0) is 33.6. The molecule has 244 valence electrons. The van der Waals surface area contributed by atoms with E-state index in [2.05, 4.69) is 20.6 Å². The second-order valence-corrected chi connectivity index (χ2v) is 12.2. The molecule has 2 saturated heterocycles. The van der Waals surface area contributed by atoms with Gasteiger partial charge >= 0.3 is 0 Å². The van der Waals surface area contributed by atoms with Gasteiger partial charge in [-0.25, -0.2) is 9.97 Å². The Morgan fingerprint density at radius 3 is 1.38 bits per heavy atom. The molecule has 0 radical (unpaired) electrons. The first-order valence-electron chi connectivity index (χ1n) is 16.2. The molecule has 10 heteroatoms. The van der Waals surface area contributed by atoms with Crippen molar-refractivity contribution in [2.45, 2.75) is 51.6 Å². The van der Waals surface area contributed by atoms with Gasteiger partial charge in [0, 0.05) is 35.9 Å². The number of amides is 4. The maximum absolute atomic E-state index is 13.1. The summed E-state index contributed by atoms with van der Waals surface area (Å²) in [5.41, 5.74) is 5.43. The van der Waals surface area contributed by atoms with Gasteiger partial charge in [0.1, 0.15) is 23.5 Å². The molecule has 2 aliphatic rings. The first-order valence-corrected chi connectivity index (χ1v) is 16.2. The molecule has 48 heavy (non-hydrogen) atoms. The molecule has 0 aliphatic carbocycles. The van der Waals surface area contributed by atoms with Crippen LogP contribution >= 0.6 is 0 Å². The normalized spacial score (nSPS) is 17.5. The summed E-state index contributed by atoms with van der Waals surface area (Å²) in [6.45, 7) is 4.72. The Morgan fingerprint density at radius 2 is 1.00 bits per heavy atom. The largest absolute Gasteiger partial charge is 0.325 e. The summed E-state index contributed by atoms with van der Waals surface area (Å²) in [4.78, 5) is 64.2. The second kappa shape index (κ2) is 14.4. The van der Waals surface area contributed by atoms with E-state index < -0.39 is 12.1 Å². The molecule has 2 fully saturated rings. The Balaban J connectivity index is 1.01. The van der Waals surface area contributed by atoms with Crippen molar-refractivity contribution in [2.75, 3.05) is 23.7 Å². The number of anilines is 2. The summed E-state index contributed by atoms with van der Waals surface area (Å²) in [6.07, 6.45) is 6.67. The number of rotatable bonds is 8. The van der Waals surface area contributed by atoms with E-state index >= 15 is 0 Å². The van der Waals surface area contributed by atoms with Crippen molar-refractivity contribution in [3.63, 3.8) is 0 Å². The van der Waals surface area contributed by atoms with E-state index in [1.165, 1.54) is 0 Å². The van der Waals surface area contributed by atoms with Crippen LogP contribution in [0.3, 0.4) is 0 Å². The molecular weight excluding hydrogens is 604 g/mol. The topological polar surface area (TPSA) is 125 Å². The van der Waals surface area contributed by atoms with Crippen LogP contribution in [0.5, 0.6) is 0 Å². The molecule has 2 aliphatic heterocycles. The Morgan fingerprint density at radius 1 is 0.604 bits per heavy atom. The average molecular weight is 643 g/mol. The smallest absolute Gasteiger partial charge is 0.273 e. The van der Waals surface area contributed by atoms with Crippen LogP contribution in [0.25, 0.3) is 12.2 Å². The number of hydrogen-bond acceptors (Lipinski definition) is 6. The van der Waals surface area contributed by atoms with Gasteiger partial charge < -0.3 is 20.4 Å². The van der Waals surface area contributed by atoms with E-state index in [4.69, 9.17) is 0 Å². The standard InChI is InChI=1S/C38H38N6O4/c1-25-7-3-9-31(39-25)37(47)43-23-5-11-33(43)35(45)41-29-19-15-27(16-20-29)13-14-28-17-21-30(22-18-28)42-36(46)34-12-6-24-44(34)38(48)32-10-4-8-26(2)40-32/h3-4,7-10,13-22,33-34H,5-6,11-12,23-24H2,1-2H3,(H,41,45)(H,42,46)/b14-13+/t33-,34-/m0/s1. The van der Waals surface area contributed by atoms with Gasteiger partial charge in [-0.05, 0) is 99.2 Å². The number of aromatic nitrogens is 2. The van der Waals surface area contributed by atoms with Crippen molar-refractivity contribution in [1.82, 2.24) is 19.8 Å². The zero-order valence-corrected chi connectivity index (χ0v) is 27.1. The van der Waals surface area contributed by atoms with Crippen LogP contribution in [0.15, 0.2) is 84.9 Å². The lowest BCUT2D eigenvalue weighted by atomic mass is 10.1. The van der Waals surface area contributed by atoms with Crippen molar-refractivity contribution in [2.24, 2.45) is 0 Å². The quantitative estimate of drug-likeness (QED) is 0.236. The first-order chi connectivity index (χ1) is 23.2. The van der Waals surface area contributed by atoms with E-state index in [1.807, 2.05) is 86.7 Å². The van der Waals surface area contributed by atoms with Crippen LogP contribution in [-0.4, -0.2) is 68.6 Å². The minimum absolute atomic E-state index is 0.209. The SMILES string of the molecule is Cc1cccc(C(=O)N2CCC[C@H]2C(=O)Nc2ccc(/C=C/c3ccc(NC(=O)[C@@H]4CCCN4C(=O)c4cccc(C)n4)cc3)cc2)n1. The van der Waals surface area contributed by atoms with Crippen molar-refractivity contribution < 1.29 is 19.2 Å². The summed E-state index contributed by atoms with van der Waals surface area (Å²) in [5.74, 6) is -0.870. The highest BCUT2D eigenvalue weighted by Crippen LogP contribution is 2.24.